The first kappa shape index (κ1) is 13.5. The molecule has 0 aliphatic heterocycles. The van der Waals surface area contributed by atoms with Gasteiger partial charge in [0.2, 0.25) is 5.88 Å². The average Bonchev–Trinajstić information content (AvgIpc) is 2.26. The Morgan fingerprint density at radius 2 is 2.12 bits per heavy atom. The number of aromatic nitrogens is 2. The lowest BCUT2D eigenvalue weighted by molar-refractivity contribution is 0.306. The number of nitrogens with two attached hydrogens (primary N) is 1. The molecule has 1 rings (SSSR count). The summed E-state index contributed by atoms with van der Waals surface area (Å²) < 4.78 is 5.48. The van der Waals surface area contributed by atoms with Crippen LogP contribution < -0.4 is 15.4 Å². The lowest BCUT2D eigenvalue weighted by Crippen LogP contribution is -2.24. The maximum absolute atomic E-state index is 6.01. The van der Waals surface area contributed by atoms with Crippen molar-refractivity contribution in [2.45, 2.75) is 27.2 Å². The first-order chi connectivity index (χ1) is 8.06. The van der Waals surface area contributed by atoms with E-state index in [2.05, 4.69) is 23.8 Å². The molecule has 0 aromatic carbocycles. The summed E-state index contributed by atoms with van der Waals surface area (Å²) in [6.45, 7) is 7.87. The predicted molar refractivity (Wildman–Crippen MR) is 70.3 cm³/mol. The van der Waals surface area contributed by atoms with E-state index in [0.717, 1.165) is 18.8 Å². The van der Waals surface area contributed by atoms with Crippen molar-refractivity contribution in [3.63, 3.8) is 0 Å². The van der Waals surface area contributed by atoms with Gasteiger partial charge in [-0.25, -0.2) is 4.98 Å². The molecule has 5 heteroatoms. The summed E-state index contributed by atoms with van der Waals surface area (Å²) in [6.07, 6.45) is 2.42. The van der Waals surface area contributed by atoms with Gasteiger partial charge in [0.25, 0.3) is 0 Å². The molecule has 0 atom stereocenters. The molecule has 1 heterocycles. The maximum atomic E-state index is 6.01. The normalized spacial score (nSPS) is 10.6. The molecule has 5 nitrogen and oxygen atoms in total. The van der Waals surface area contributed by atoms with E-state index in [9.17, 15) is 0 Å². The SMILES string of the molecule is CCCOc1ncnc(N(C)CC(C)C)c1N. The maximum Gasteiger partial charge on any atom is 0.242 e. The first-order valence-electron chi connectivity index (χ1n) is 6.00. The molecule has 1 aromatic heterocycles. The van der Waals surface area contributed by atoms with Crippen molar-refractivity contribution in [1.82, 2.24) is 9.97 Å². The summed E-state index contributed by atoms with van der Waals surface area (Å²) in [6, 6.07) is 0. The average molecular weight is 238 g/mol. The third-order valence-electron chi connectivity index (χ3n) is 2.27. The second kappa shape index (κ2) is 6.27. The van der Waals surface area contributed by atoms with E-state index in [1.807, 2.05) is 18.9 Å². The zero-order valence-corrected chi connectivity index (χ0v) is 11.1. The van der Waals surface area contributed by atoms with Gasteiger partial charge in [0.05, 0.1) is 6.61 Å². The monoisotopic (exact) mass is 238 g/mol. The summed E-state index contributed by atoms with van der Waals surface area (Å²) >= 11 is 0. The van der Waals surface area contributed by atoms with Gasteiger partial charge in [-0.15, -0.1) is 0 Å². The number of rotatable bonds is 6. The van der Waals surface area contributed by atoms with E-state index in [1.165, 1.54) is 6.33 Å². The molecular formula is C12H22N4O. The Kier molecular flexibility index (Phi) is 5.00. The van der Waals surface area contributed by atoms with Gasteiger partial charge in [-0.2, -0.15) is 4.98 Å². The molecule has 0 saturated carbocycles. The number of hydrogen-bond acceptors (Lipinski definition) is 5. The summed E-state index contributed by atoms with van der Waals surface area (Å²) in [4.78, 5) is 10.3. The Hall–Kier alpha value is -1.52. The van der Waals surface area contributed by atoms with Gasteiger partial charge < -0.3 is 15.4 Å². The topological polar surface area (TPSA) is 64.3 Å². The van der Waals surface area contributed by atoms with E-state index in [1.54, 1.807) is 0 Å². The van der Waals surface area contributed by atoms with Crippen LogP contribution in [0.4, 0.5) is 11.5 Å². The molecule has 0 fully saturated rings. The largest absolute Gasteiger partial charge is 0.476 e. The lowest BCUT2D eigenvalue weighted by Gasteiger charge is -2.22. The van der Waals surface area contributed by atoms with Gasteiger partial charge in [0.1, 0.15) is 12.0 Å². The quantitative estimate of drug-likeness (QED) is 0.820. The van der Waals surface area contributed by atoms with E-state index in [-0.39, 0.29) is 0 Å². The van der Waals surface area contributed by atoms with Gasteiger partial charge >= 0.3 is 0 Å². The molecule has 2 N–H and O–H groups in total. The summed E-state index contributed by atoms with van der Waals surface area (Å²) in [5.74, 6) is 1.77. The molecule has 0 amide bonds. The molecule has 0 radical (unpaired) electrons. The Labute approximate surface area is 103 Å². The molecular weight excluding hydrogens is 216 g/mol. The fraction of sp³-hybridized carbons (Fsp3) is 0.667. The van der Waals surface area contributed by atoms with Gasteiger partial charge in [0.15, 0.2) is 5.82 Å². The summed E-state index contributed by atoms with van der Waals surface area (Å²) in [5, 5.41) is 0. The number of hydrogen-bond donors (Lipinski definition) is 1. The van der Waals surface area contributed by atoms with Crippen molar-refractivity contribution in [2.24, 2.45) is 5.92 Å². The zero-order chi connectivity index (χ0) is 12.8. The number of nitrogen functional groups attached to an aromatic ring is 1. The molecule has 0 unspecified atom stereocenters. The van der Waals surface area contributed by atoms with Gasteiger partial charge in [-0.3, -0.25) is 0 Å². The van der Waals surface area contributed by atoms with Crippen LogP contribution in [0.1, 0.15) is 27.2 Å². The van der Waals surface area contributed by atoms with Crippen LogP contribution in [-0.4, -0.2) is 30.2 Å². The van der Waals surface area contributed by atoms with Crippen molar-refractivity contribution >= 4 is 11.5 Å². The summed E-state index contributed by atoms with van der Waals surface area (Å²) in [7, 11) is 1.97. The number of anilines is 2. The Morgan fingerprint density at radius 3 is 2.71 bits per heavy atom. The van der Waals surface area contributed by atoms with Crippen LogP contribution >= 0.6 is 0 Å². The van der Waals surface area contributed by atoms with Crippen molar-refractivity contribution in [2.75, 3.05) is 30.8 Å². The Bertz CT molecular complexity index is 354. The molecule has 96 valence electrons. The smallest absolute Gasteiger partial charge is 0.242 e. The van der Waals surface area contributed by atoms with Crippen LogP contribution in [0.15, 0.2) is 6.33 Å². The van der Waals surface area contributed by atoms with Gasteiger partial charge in [-0.1, -0.05) is 20.8 Å². The highest BCUT2D eigenvalue weighted by atomic mass is 16.5. The second-order valence-electron chi connectivity index (χ2n) is 4.54. The Morgan fingerprint density at radius 1 is 1.41 bits per heavy atom. The third-order valence-corrected chi connectivity index (χ3v) is 2.27. The predicted octanol–water partition coefficient (Wildman–Crippen LogP) is 1.94. The fourth-order valence-corrected chi connectivity index (χ4v) is 1.62. The van der Waals surface area contributed by atoms with Crippen molar-refractivity contribution in [1.29, 1.82) is 0 Å². The number of ether oxygens (including phenoxy) is 1. The van der Waals surface area contributed by atoms with E-state index in [4.69, 9.17) is 10.5 Å². The van der Waals surface area contributed by atoms with Crippen LogP contribution in [0.5, 0.6) is 5.88 Å². The minimum atomic E-state index is 0.479. The molecule has 0 aliphatic rings. The van der Waals surface area contributed by atoms with Crippen LogP contribution in [0.25, 0.3) is 0 Å². The second-order valence-corrected chi connectivity index (χ2v) is 4.54. The highest BCUT2D eigenvalue weighted by Gasteiger charge is 2.13. The summed E-state index contributed by atoms with van der Waals surface area (Å²) in [5.41, 5.74) is 6.53. The van der Waals surface area contributed by atoms with Crippen LogP contribution in [0.2, 0.25) is 0 Å². The standard InChI is InChI=1S/C12H22N4O/c1-5-6-17-12-10(13)11(14-8-15-12)16(4)7-9(2)3/h8-9H,5-7,13H2,1-4H3. The van der Waals surface area contributed by atoms with Crippen molar-refractivity contribution in [3.8, 4) is 5.88 Å². The lowest BCUT2D eigenvalue weighted by atomic mass is 10.2. The minimum Gasteiger partial charge on any atom is -0.476 e. The fourth-order valence-electron chi connectivity index (χ4n) is 1.62. The number of nitrogens with zero attached hydrogens (tertiary/aromatic N) is 3. The molecule has 1 aromatic rings. The Balaban J connectivity index is 2.85. The van der Waals surface area contributed by atoms with Crippen molar-refractivity contribution in [3.05, 3.63) is 6.33 Å². The molecule has 0 aliphatic carbocycles. The zero-order valence-electron chi connectivity index (χ0n) is 11.1. The highest BCUT2D eigenvalue weighted by Crippen LogP contribution is 2.27. The molecule has 17 heavy (non-hydrogen) atoms. The van der Waals surface area contributed by atoms with Crippen LogP contribution in [0, 0.1) is 5.92 Å². The van der Waals surface area contributed by atoms with Gasteiger partial charge in [0, 0.05) is 13.6 Å². The molecule has 0 bridgehead atoms. The molecule has 0 saturated heterocycles. The third kappa shape index (κ3) is 3.76. The van der Waals surface area contributed by atoms with E-state index < -0.39 is 0 Å². The van der Waals surface area contributed by atoms with E-state index >= 15 is 0 Å². The minimum absolute atomic E-state index is 0.479. The van der Waals surface area contributed by atoms with Crippen molar-refractivity contribution < 1.29 is 4.74 Å². The van der Waals surface area contributed by atoms with E-state index in [0.29, 0.717) is 24.1 Å². The first-order valence-corrected chi connectivity index (χ1v) is 6.00. The molecule has 0 spiro atoms. The van der Waals surface area contributed by atoms with Gasteiger partial charge in [-0.05, 0) is 12.3 Å². The highest BCUT2D eigenvalue weighted by molar-refractivity contribution is 5.67. The van der Waals surface area contributed by atoms with Crippen LogP contribution in [0.3, 0.4) is 0 Å². The van der Waals surface area contributed by atoms with Crippen LogP contribution in [-0.2, 0) is 0 Å².